The van der Waals surface area contributed by atoms with Gasteiger partial charge in [0.1, 0.15) is 5.82 Å². The number of hydrogen-bond donors (Lipinski definition) is 1. The second-order valence-corrected chi connectivity index (χ2v) is 8.61. The van der Waals surface area contributed by atoms with Crippen LogP contribution in [0.25, 0.3) is 10.9 Å². The van der Waals surface area contributed by atoms with E-state index in [9.17, 15) is 9.59 Å². The van der Waals surface area contributed by atoms with E-state index < -0.39 is 5.91 Å². The molecule has 0 atom stereocenters. The number of para-hydroxylation sites is 1. The van der Waals surface area contributed by atoms with Crippen LogP contribution in [0, 0.1) is 0 Å². The lowest BCUT2D eigenvalue weighted by Crippen LogP contribution is -2.25. The van der Waals surface area contributed by atoms with E-state index in [0.717, 1.165) is 25.7 Å². The molecule has 1 aliphatic rings. The predicted octanol–water partition coefficient (Wildman–Crippen LogP) is 4.24. The molecule has 2 N–H and O–H groups in total. The minimum absolute atomic E-state index is 0.176. The number of carbonyl (C=O) groups is 1. The number of fused-ring (bicyclic) bond motifs is 1. The smallest absolute Gasteiger partial charge is 0.282 e. The molecule has 0 bridgehead atoms. The summed E-state index contributed by atoms with van der Waals surface area (Å²) in [6.07, 6.45) is 6.92. The molecule has 9 heteroatoms. The topological polar surface area (TPSA) is 109 Å². The van der Waals surface area contributed by atoms with Crippen LogP contribution in [0.5, 0.6) is 11.5 Å². The molecule has 1 aromatic heterocycles. The maximum absolute atomic E-state index is 13.3. The highest BCUT2D eigenvalue weighted by Crippen LogP contribution is 2.36. The largest absolute Gasteiger partial charge is 0.490 e. The van der Waals surface area contributed by atoms with Crippen LogP contribution in [0.4, 0.5) is 0 Å². The fourth-order valence-electron chi connectivity index (χ4n) is 4.21. The van der Waals surface area contributed by atoms with Gasteiger partial charge in [0.2, 0.25) is 0 Å². The van der Waals surface area contributed by atoms with Gasteiger partial charge >= 0.3 is 0 Å². The van der Waals surface area contributed by atoms with Crippen molar-refractivity contribution in [2.24, 2.45) is 10.8 Å². The lowest BCUT2D eigenvalue weighted by atomic mass is 9.88. The maximum atomic E-state index is 13.3. The molecule has 2 aromatic carbocycles. The van der Waals surface area contributed by atoms with Gasteiger partial charge in [-0.15, -0.1) is 0 Å². The van der Waals surface area contributed by atoms with Gasteiger partial charge in [-0.2, -0.15) is 9.78 Å². The molecule has 0 spiro atoms. The van der Waals surface area contributed by atoms with Crippen LogP contribution in [0.2, 0.25) is 5.02 Å². The second-order valence-electron chi connectivity index (χ2n) is 8.20. The molecule has 1 heterocycles. The van der Waals surface area contributed by atoms with Crippen LogP contribution in [0.1, 0.15) is 56.3 Å². The van der Waals surface area contributed by atoms with E-state index in [2.05, 4.69) is 5.10 Å². The summed E-state index contributed by atoms with van der Waals surface area (Å²) >= 11 is 6.40. The van der Waals surface area contributed by atoms with Crippen molar-refractivity contribution >= 4 is 34.6 Å². The Labute approximate surface area is 202 Å². The van der Waals surface area contributed by atoms with E-state index in [1.54, 1.807) is 24.4 Å². The summed E-state index contributed by atoms with van der Waals surface area (Å²) < 4.78 is 12.5. The maximum Gasteiger partial charge on any atom is 0.282 e. The third-order valence-electron chi connectivity index (χ3n) is 5.76. The predicted molar refractivity (Wildman–Crippen MR) is 132 cm³/mol. The Morgan fingerprint density at radius 1 is 1.24 bits per heavy atom. The summed E-state index contributed by atoms with van der Waals surface area (Å²) in [5, 5.41) is 5.29. The first-order chi connectivity index (χ1) is 16.5. The van der Waals surface area contributed by atoms with Crippen LogP contribution < -0.4 is 20.8 Å². The highest BCUT2D eigenvalue weighted by molar-refractivity contribution is 6.32. The van der Waals surface area contributed by atoms with E-state index in [0.29, 0.717) is 34.6 Å². The fourth-order valence-corrected chi connectivity index (χ4v) is 4.48. The number of halogens is 1. The Bertz CT molecular complexity index is 1280. The SMILES string of the molecule is CCOc1cc(C=Nn2c(C3CCCCC3)nc3ccccc3c2=O)cc(Cl)c1OCC(N)=O. The summed E-state index contributed by atoms with van der Waals surface area (Å²) in [6, 6.07) is 10.6. The molecule has 1 saturated carbocycles. The van der Waals surface area contributed by atoms with E-state index in [-0.39, 0.29) is 28.9 Å². The molecule has 1 fully saturated rings. The van der Waals surface area contributed by atoms with Crippen molar-refractivity contribution in [3.05, 3.63) is 63.2 Å². The molecule has 4 rings (SSSR count). The molecule has 3 aromatic rings. The molecule has 0 saturated heterocycles. The lowest BCUT2D eigenvalue weighted by molar-refractivity contribution is -0.119. The molecule has 1 amide bonds. The molecule has 0 aliphatic heterocycles. The van der Waals surface area contributed by atoms with Crippen LogP contribution in [0.3, 0.4) is 0 Å². The normalized spacial score (nSPS) is 14.5. The van der Waals surface area contributed by atoms with Crippen LogP contribution >= 0.6 is 11.6 Å². The van der Waals surface area contributed by atoms with Gasteiger partial charge < -0.3 is 15.2 Å². The van der Waals surface area contributed by atoms with Crippen molar-refractivity contribution in [3.63, 3.8) is 0 Å². The first kappa shape index (κ1) is 23.8. The van der Waals surface area contributed by atoms with Crippen molar-refractivity contribution in [1.82, 2.24) is 9.66 Å². The average Bonchev–Trinajstić information content (AvgIpc) is 2.83. The Kier molecular flexibility index (Phi) is 7.47. The molecular weight excluding hydrogens is 456 g/mol. The quantitative estimate of drug-likeness (QED) is 0.483. The number of carbonyl (C=O) groups excluding carboxylic acids is 1. The number of benzene rings is 2. The fraction of sp³-hybridized carbons (Fsp3) is 0.360. The summed E-state index contributed by atoms with van der Waals surface area (Å²) in [5.74, 6) is 0.816. The van der Waals surface area contributed by atoms with Crippen LogP contribution in [-0.2, 0) is 4.79 Å². The van der Waals surface area contributed by atoms with Gasteiger partial charge in [0.15, 0.2) is 18.1 Å². The zero-order valence-electron chi connectivity index (χ0n) is 19.0. The highest BCUT2D eigenvalue weighted by atomic mass is 35.5. The number of primary amides is 1. The third-order valence-corrected chi connectivity index (χ3v) is 6.04. The number of nitrogens with two attached hydrogens (primary N) is 1. The van der Waals surface area contributed by atoms with Gasteiger partial charge in [-0.3, -0.25) is 9.59 Å². The monoisotopic (exact) mass is 482 g/mol. The summed E-state index contributed by atoms with van der Waals surface area (Å²) in [4.78, 5) is 29.3. The third kappa shape index (κ3) is 5.22. The summed E-state index contributed by atoms with van der Waals surface area (Å²) in [5.41, 5.74) is 6.25. The second kappa shape index (κ2) is 10.7. The van der Waals surface area contributed by atoms with Crippen LogP contribution in [0.15, 0.2) is 46.3 Å². The minimum atomic E-state index is -0.623. The number of nitrogens with zero attached hydrogens (tertiary/aromatic N) is 3. The van der Waals surface area contributed by atoms with Crippen molar-refractivity contribution in [3.8, 4) is 11.5 Å². The van der Waals surface area contributed by atoms with Crippen molar-refractivity contribution < 1.29 is 14.3 Å². The van der Waals surface area contributed by atoms with E-state index >= 15 is 0 Å². The summed E-state index contributed by atoms with van der Waals surface area (Å²) in [6.45, 7) is 1.86. The molecular formula is C25H27ClN4O4. The van der Waals surface area contributed by atoms with Crippen molar-refractivity contribution in [2.45, 2.75) is 44.9 Å². The number of aromatic nitrogens is 2. The molecule has 1 aliphatic carbocycles. The number of hydrogen-bond acceptors (Lipinski definition) is 6. The first-order valence-corrected chi connectivity index (χ1v) is 11.8. The first-order valence-electron chi connectivity index (χ1n) is 11.4. The van der Waals surface area contributed by atoms with Gasteiger partial charge in [0.25, 0.3) is 11.5 Å². The van der Waals surface area contributed by atoms with Crippen molar-refractivity contribution in [2.75, 3.05) is 13.2 Å². The van der Waals surface area contributed by atoms with E-state index in [1.807, 2.05) is 25.1 Å². The Morgan fingerprint density at radius 3 is 2.74 bits per heavy atom. The number of ether oxygens (including phenoxy) is 2. The molecule has 34 heavy (non-hydrogen) atoms. The molecule has 0 unspecified atom stereocenters. The van der Waals surface area contributed by atoms with E-state index in [1.165, 1.54) is 11.1 Å². The van der Waals surface area contributed by atoms with Crippen molar-refractivity contribution in [1.29, 1.82) is 0 Å². The molecule has 0 radical (unpaired) electrons. The van der Waals surface area contributed by atoms with Gasteiger partial charge in [-0.1, -0.05) is 43.0 Å². The Hall–Kier alpha value is -3.39. The Balaban J connectivity index is 1.76. The van der Waals surface area contributed by atoms with Crippen LogP contribution in [-0.4, -0.2) is 35.0 Å². The van der Waals surface area contributed by atoms with Gasteiger partial charge in [0.05, 0.1) is 28.7 Å². The number of rotatable bonds is 8. The summed E-state index contributed by atoms with van der Waals surface area (Å²) in [7, 11) is 0. The lowest BCUT2D eigenvalue weighted by Gasteiger charge is -2.22. The standard InChI is InChI=1S/C25H27ClN4O4/c1-2-33-21-13-16(12-19(26)23(21)34-15-22(27)31)14-28-30-24(17-8-4-3-5-9-17)29-20-11-7-6-10-18(20)25(30)32/h6-7,10-14,17H,2-5,8-9,15H2,1H3,(H2,27,31). The van der Waals surface area contributed by atoms with Gasteiger partial charge in [-0.25, -0.2) is 4.98 Å². The Morgan fingerprint density at radius 2 is 2.00 bits per heavy atom. The highest BCUT2D eigenvalue weighted by Gasteiger charge is 2.22. The molecule has 178 valence electrons. The molecule has 8 nitrogen and oxygen atoms in total. The number of amides is 1. The zero-order valence-corrected chi connectivity index (χ0v) is 19.8. The zero-order chi connectivity index (χ0) is 24.1. The van der Waals surface area contributed by atoms with Gasteiger partial charge in [0, 0.05) is 5.92 Å². The minimum Gasteiger partial charge on any atom is -0.490 e. The van der Waals surface area contributed by atoms with E-state index in [4.69, 9.17) is 31.8 Å². The van der Waals surface area contributed by atoms with Gasteiger partial charge in [-0.05, 0) is 49.6 Å². The average molecular weight is 483 g/mol.